The van der Waals surface area contributed by atoms with Crippen molar-refractivity contribution in [1.82, 2.24) is 10.3 Å². The van der Waals surface area contributed by atoms with Gasteiger partial charge in [0.1, 0.15) is 5.82 Å². The maximum Gasteiger partial charge on any atom is 0.320 e. The Labute approximate surface area is 90.1 Å². The summed E-state index contributed by atoms with van der Waals surface area (Å²) in [7, 11) is 0. The standard InChI is InChI=1S/C11H17N3O/c1-3-4-7-13-11(15)14-10-9(2)6-5-8-12-10/h5-6,8H,3-4,7H2,1-2H3,(H2,12,13,14,15). The second-order valence-electron chi connectivity index (χ2n) is 3.40. The average molecular weight is 207 g/mol. The number of carbonyl (C=O) groups is 1. The molecule has 0 aliphatic rings. The van der Waals surface area contributed by atoms with E-state index in [0.29, 0.717) is 12.4 Å². The van der Waals surface area contributed by atoms with E-state index in [1.165, 1.54) is 0 Å². The molecular weight excluding hydrogens is 190 g/mol. The van der Waals surface area contributed by atoms with Crippen LogP contribution in [0.15, 0.2) is 18.3 Å². The fourth-order valence-corrected chi connectivity index (χ4v) is 1.15. The van der Waals surface area contributed by atoms with E-state index in [4.69, 9.17) is 0 Å². The molecule has 1 aromatic heterocycles. The zero-order valence-corrected chi connectivity index (χ0v) is 9.21. The summed E-state index contributed by atoms with van der Waals surface area (Å²) in [5, 5.41) is 5.48. The van der Waals surface area contributed by atoms with Gasteiger partial charge in [0.05, 0.1) is 0 Å². The van der Waals surface area contributed by atoms with Crippen molar-refractivity contribution in [2.24, 2.45) is 0 Å². The van der Waals surface area contributed by atoms with Gasteiger partial charge in [-0.3, -0.25) is 5.32 Å². The van der Waals surface area contributed by atoms with Crippen LogP contribution in [-0.4, -0.2) is 17.6 Å². The average Bonchev–Trinajstić information content (AvgIpc) is 2.22. The van der Waals surface area contributed by atoms with Crippen molar-refractivity contribution in [3.8, 4) is 0 Å². The van der Waals surface area contributed by atoms with Gasteiger partial charge in [-0.05, 0) is 25.0 Å². The number of pyridine rings is 1. The topological polar surface area (TPSA) is 54.0 Å². The number of carbonyl (C=O) groups excluding carboxylic acids is 1. The van der Waals surface area contributed by atoms with E-state index in [0.717, 1.165) is 18.4 Å². The van der Waals surface area contributed by atoms with Crippen LogP contribution in [0.25, 0.3) is 0 Å². The van der Waals surface area contributed by atoms with Crippen molar-refractivity contribution in [1.29, 1.82) is 0 Å². The molecule has 0 spiro atoms. The quantitative estimate of drug-likeness (QED) is 0.744. The minimum atomic E-state index is -0.190. The summed E-state index contributed by atoms with van der Waals surface area (Å²) in [6.07, 6.45) is 3.73. The number of nitrogens with zero attached hydrogens (tertiary/aromatic N) is 1. The highest BCUT2D eigenvalue weighted by Crippen LogP contribution is 2.08. The number of urea groups is 1. The Kier molecular flexibility index (Phi) is 4.60. The molecule has 0 aliphatic heterocycles. The maximum absolute atomic E-state index is 11.4. The van der Waals surface area contributed by atoms with Gasteiger partial charge in [-0.2, -0.15) is 0 Å². The predicted molar refractivity (Wildman–Crippen MR) is 60.9 cm³/mol. The van der Waals surface area contributed by atoms with E-state index in [-0.39, 0.29) is 6.03 Å². The minimum absolute atomic E-state index is 0.190. The molecular formula is C11H17N3O. The van der Waals surface area contributed by atoms with E-state index in [2.05, 4.69) is 22.5 Å². The molecule has 1 heterocycles. The number of rotatable bonds is 4. The van der Waals surface area contributed by atoms with Crippen LogP contribution in [0.1, 0.15) is 25.3 Å². The first-order valence-corrected chi connectivity index (χ1v) is 5.20. The summed E-state index contributed by atoms with van der Waals surface area (Å²) in [5.41, 5.74) is 0.961. The van der Waals surface area contributed by atoms with Crippen LogP contribution in [0.5, 0.6) is 0 Å². The Morgan fingerprint density at radius 1 is 1.53 bits per heavy atom. The summed E-state index contributed by atoms with van der Waals surface area (Å²) in [6, 6.07) is 3.56. The van der Waals surface area contributed by atoms with Crippen LogP contribution in [0.4, 0.5) is 10.6 Å². The van der Waals surface area contributed by atoms with E-state index in [1.807, 2.05) is 19.1 Å². The third-order valence-corrected chi connectivity index (χ3v) is 2.06. The Balaban J connectivity index is 2.41. The maximum atomic E-state index is 11.4. The van der Waals surface area contributed by atoms with Gasteiger partial charge in [0.15, 0.2) is 0 Å². The lowest BCUT2D eigenvalue weighted by atomic mass is 10.3. The second kappa shape index (κ2) is 6.01. The number of hydrogen-bond donors (Lipinski definition) is 2. The van der Waals surface area contributed by atoms with Crippen molar-refractivity contribution >= 4 is 11.8 Å². The first kappa shape index (κ1) is 11.5. The van der Waals surface area contributed by atoms with Gasteiger partial charge >= 0.3 is 6.03 Å². The number of aromatic nitrogens is 1. The zero-order chi connectivity index (χ0) is 11.1. The van der Waals surface area contributed by atoms with E-state index >= 15 is 0 Å². The van der Waals surface area contributed by atoms with Gasteiger partial charge < -0.3 is 5.32 Å². The van der Waals surface area contributed by atoms with Crippen molar-refractivity contribution in [2.45, 2.75) is 26.7 Å². The zero-order valence-electron chi connectivity index (χ0n) is 9.21. The van der Waals surface area contributed by atoms with Crippen LogP contribution in [-0.2, 0) is 0 Å². The van der Waals surface area contributed by atoms with E-state index in [9.17, 15) is 4.79 Å². The molecule has 2 N–H and O–H groups in total. The van der Waals surface area contributed by atoms with Gasteiger partial charge in [0, 0.05) is 12.7 Å². The summed E-state index contributed by atoms with van der Waals surface area (Å²) in [6.45, 7) is 4.70. The summed E-state index contributed by atoms with van der Waals surface area (Å²) in [5.74, 6) is 0.617. The van der Waals surface area contributed by atoms with Gasteiger partial charge in [0.25, 0.3) is 0 Å². The SMILES string of the molecule is CCCCNC(=O)Nc1ncccc1C. The smallest absolute Gasteiger partial charge is 0.320 e. The lowest BCUT2D eigenvalue weighted by Gasteiger charge is -2.07. The molecule has 1 aromatic rings. The third-order valence-electron chi connectivity index (χ3n) is 2.06. The second-order valence-corrected chi connectivity index (χ2v) is 3.40. The van der Waals surface area contributed by atoms with Gasteiger partial charge in [0.2, 0.25) is 0 Å². The lowest BCUT2D eigenvalue weighted by molar-refractivity contribution is 0.252. The fraction of sp³-hybridized carbons (Fsp3) is 0.455. The molecule has 15 heavy (non-hydrogen) atoms. The first-order valence-electron chi connectivity index (χ1n) is 5.20. The molecule has 0 radical (unpaired) electrons. The Bertz CT molecular complexity index is 325. The molecule has 0 atom stereocenters. The molecule has 0 aliphatic carbocycles. The van der Waals surface area contributed by atoms with E-state index < -0.39 is 0 Å². The van der Waals surface area contributed by atoms with Crippen molar-refractivity contribution in [2.75, 3.05) is 11.9 Å². The predicted octanol–water partition coefficient (Wildman–Crippen LogP) is 2.31. The molecule has 2 amide bonds. The summed E-state index contributed by atoms with van der Waals surface area (Å²) < 4.78 is 0. The highest BCUT2D eigenvalue weighted by atomic mass is 16.2. The Hall–Kier alpha value is -1.58. The molecule has 0 bridgehead atoms. The van der Waals surface area contributed by atoms with Crippen molar-refractivity contribution in [3.63, 3.8) is 0 Å². The van der Waals surface area contributed by atoms with Crippen LogP contribution in [0.2, 0.25) is 0 Å². The third kappa shape index (κ3) is 3.97. The largest absolute Gasteiger partial charge is 0.338 e. The van der Waals surface area contributed by atoms with Crippen molar-refractivity contribution < 1.29 is 4.79 Å². The fourth-order valence-electron chi connectivity index (χ4n) is 1.15. The molecule has 1 rings (SSSR count). The molecule has 0 fully saturated rings. The number of nitrogens with one attached hydrogen (secondary N) is 2. The van der Waals surface area contributed by atoms with Crippen molar-refractivity contribution in [3.05, 3.63) is 23.9 Å². The number of amides is 2. The molecule has 0 saturated heterocycles. The number of aryl methyl sites for hydroxylation is 1. The monoisotopic (exact) mass is 207 g/mol. The van der Waals surface area contributed by atoms with Crippen LogP contribution in [0, 0.1) is 6.92 Å². The van der Waals surface area contributed by atoms with Crippen LogP contribution < -0.4 is 10.6 Å². The number of anilines is 1. The summed E-state index contributed by atoms with van der Waals surface area (Å²) >= 11 is 0. The highest BCUT2D eigenvalue weighted by molar-refractivity contribution is 5.88. The highest BCUT2D eigenvalue weighted by Gasteiger charge is 2.03. The molecule has 0 saturated carbocycles. The molecule has 4 nitrogen and oxygen atoms in total. The Morgan fingerprint density at radius 3 is 3.00 bits per heavy atom. The van der Waals surface area contributed by atoms with Crippen LogP contribution in [0.3, 0.4) is 0 Å². The van der Waals surface area contributed by atoms with E-state index in [1.54, 1.807) is 6.20 Å². The first-order chi connectivity index (χ1) is 7.24. The molecule has 82 valence electrons. The molecule has 0 unspecified atom stereocenters. The Morgan fingerprint density at radius 2 is 2.33 bits per heavy atom. The van der Waals surface area contributed by atoms with Gasteiger partial charge in [-0.25, -0.2) is 9.78 Å². The van der Waals surface area contributed by atoms with Gasteiger partial charge in [-0.15, -0.1) is 0 Å². The minimum Gasteiger partial charge on any atom is -0.338 e. The number of hydrogen-bond acceptors (Lipinski definition) is 2. The normalized spacial score (nSPS) is 9.73. The van der Waals surface area contributed by atoms with Gasteiger partial charge in [-0.1, -0.05) is 19.4 Å². The number of unbranched alkanes of at least 4 members (excludes halogenated alkanes) is 1. The van der Waals surface area contributed by atoms with Crippen LogP contribution >= 0.6 is 0 Å². The molecule has 4 heteroatoms. The lowest BCUT2D eigenvalue weighted by Crippen LogP contribution is -2.30. The summed E-state index contributed by atoms with van der Waals surface area (Å²) in [4.78, 5) is 15.5. The molecule has 0 aromatic carbocycles.